The number of Topliss-reactive ketones (excluding diaryl/α,β-unsaturated/α-hetero) is 1. The number of carbonyl (C=O) groups is 2. The van der Waals surface area contributed by atoms with E-state index in [1.807, 2.05) is 34.8 Å². The molecule has 17 heavy (non-hydrogen) atoms. The maximum atomic E-state index is 12.0. The number of aromatic nitrogens is 1. The number of rotatable bonds is 3. The Kier molecular flexibility index (Phi) is 3.58. The molecule has 1 N–H and O–H groups in total. The summed E-state index contributed by atoms with van der Waals surface area (Å²) in [4.78, 5) is 25.2. The van der Waals surface area contributed by atoms with Gasteiger partial charge >= 0.3 is 0 Å². The molecule has 0 atom stereocenters. The largest absolute Gasteiger partial charge is 0.355 e. The minimum absolute atomic E-state index is 0.0683. The minimum atomic E-state index is 0.0683. The highest BCUT2D eigenvalue weighted by Gasteiger charge is 2.17. The van der Waals surface area contributed by atoms with Crippen LogP contribution < -0.4 is 5.32 Å². The van der Waals surface area contributed by atoms with E-state index in [2.05, 4.69) is 5.32 Å². The van der Waals surface area contributed by atoms with Gasteiger partial charge in [0.15, 0.2) is 5.78 Å². The van der Waals surface area contributed by atoms with Crippen molar-refractivity contribution in [1.29, 1.82) is 0 Å². The van der Waals surface area contributed by atoms with E-state index in [4.69, 9.17) is 0 Å². The smallest absolute Gasteiger partial charge is 0.221 e. The lowest BCUT2D eigenvalue weighted by Gasteiger charge is -2.17. The van der Waals surface area contributed by atoms with Gasteiger partial charge in [-0.2, -0.15) is 0 Å². The number of aryl methyl sites for hydroxylation is 1. The predicted octanol–water partition coefficient (Wildman–Crippen LogP) is 0.0297. The van der Waals surface area contributed by atoms with E-state index in [1.165, 1.54) is 0 Å². The zero-order chi connectivity index (χ0) is 12.3. The number of carbonyl (C=O) groups excluding carboxylic acids is 2. The van der Waals surface area contributed by atoms with Gasteiger partial charge in [0.05, 0.1) is 12.2 Å². The molecule has 0 aliphatic carbocycles. The van der Waals surface area contributed by atoms with Crippen LogP contribution in [0.5, 0.6) is 0 Å². The summed E-state index contributed by atoms with van der Waals surface area (Å²) in [6, 6.07) is 3.68. The summed E-state index contributed by atoms with van der Waals surface area (Å²) < 4.78 is 1.82. The molecular formula is C12H17N3O2. The van der Waals surface area contributed by atoms with Crippen LogP contribution in [0.1, 0.15) is 16.9 Å². The Balaban J connectivity index is 1.94. The summed E-state index contributed by atoms with van der Waals surface area (Å²) >= 11 is 0. The van der Waals surface area contributed by atoms with Crippen LogP contribution in [-0.4, -0.2) is 47.3 Å². The monoisotopic (exact) mass is 235 g/mol. The number of amides is 1. The molecule has 1 fully saturated rings. The third-order valence-electron chi connectivity index (χ3n) is 3.00. The van der Waals surface area contributed by atoms with Crippen LogP contribution in [0.2, 0.25) is 0 Å². The quantitative estimate of drug-likeness (QED) is 0.752. The van der Waals surface area contributed by atoms with Crippen molar-refractivity contribution in [2.45, 2.75) is 6.42 Å². The molecule has 1 amide bonds. The number of hydrogen-bond donors (Lipinski definition) is 1. The average molecular weight is 235 g/mol. The fourth-order valence-electron chi connectivity index (χ4n) is 2.01. The summed E-state index contributed by atoms with van der Waals surface area (Å²) in [5.74, 6) is 0.172. The highest BCUT2D eigenvalue weighted by Crippen LogP contribution is 2.04. The summed E-state index contributed by atoms with van der Waals surface area (Å²) in [7, 11) is 1.86. The van der Waals surface area contributed by atoms with E-state index >= 15 is 0 Å². The second kappa shape index (κ2) is 5.14. The van der Waals surface area contributed by atoms with Crippen LogP contribution in [0.4, 0.5) is 0 Å². The van der Waals surface area contributed by atoms with E-state index < -0.39 is 0 Å². The second-order valence-electron chi connectivity index (χ2n) is 4.30. The first-order valence-electron chi connectivity index (χ1n) is 5.80. The molecule has 5 heteroatoms. The lowest BCUT2D eigenvalue weighted by atomic mass is 10.2. The first kappa shape index (κ1) is 11.9. The lowest BCUT2D eigenvalue weighted by molar-refractivity contribution is -0.120. The fraction of sp³-hybridized carbons (Fsp3) is 0.500. The normalized spacial score (nSPS) is 17.6. The van der Waals surface area contributed by atoms with Gasteiger partial charge in [-0.1, -0.05) is 0 Å². The number of nitrogens with zero attached hydrogens (tertiary/aromatic N) is 2. The summed E-state index contributed by atoms with van der Waals surface area (Å²) in [5.41, 5.74) is 0.716. The number of hydrogen-bond acceptors (Lipinski definition) is 3. The van der Waals surface area contributed by atoms with Crippen molar-refractivity contribution in [3.8, 4) is 0 Å². The molecule has 5 nitrogen and oxygen atoms in total. The van der Waals surface area contributed by atoms with E-state index in [0.29, 0.717) is 31.7 Å². The molecular weight excluding hydrogens is 218 g/mol. The van der Waals surface area contributed by atoms with Gasteiger partial charge in [-0.25, -0.2) is 0 Å². The maximum Gasteiger partial charge on any atom is 0.221 e. The molecule has 2 heterocycles. The van der Waals surface area contributed by atoms with Crippen molar-refractivity contribution >= 4 is 11.7 Å². The van der Waals surface area contributed by atoms with Crippen molar-refractivity contribution in [3.05, 3.63) is 24.0 Å². The van der Waals surface area contributed by atoms with Crippen molar-refractivity contribution in [3.63, 3.8) is 0 Å². The van der Waals surface area contributed by atoms with Crippen molar-refractivity contribution in [1.82, 2.24) is 14.8 Å². The van der Waals surface area contributed by atoms with Crippen LogP contribution in [0.3, 0.4) is 0 Å². The molecule has 0 saturated carbocycles. The van der Waals surface area contributed by atoms with Gasteiger partial charge in [0.1, 0.15) is 0 Å². The van der Waals surface area contributed by atoms with Gasteiger partial charge in [0, 0.05) is 39.3 Å². The van der Waals surface area contributed by atoms with Crippen molar-refractivity contribution < 1.29 is 9.59 Å². The van der Waals surface area contributed by atoms with Crippen molar-refractivity contribution in [2.24, 2.45) is 7.05 Å². The molecule has 1 aliphatic rings. The first-order valence-corrected chi connectivity index (χ1v) is 5.80. The Morgan fingerprint density at radius 3 is 3.00 bits per heavy atom. The van der Waals surface area contributed by atoms with E-state index in [1.54, 1.807) is 0 Å². The Bertz CT molecular complexity index is 425. The van der Waals surface area contributed by atoms with Gasteiger partial charge in [-0.3, -0.25) is 14.5 Å². The first-order chi connectivity index (χ1) is 8.16. The highest BCUT2D eigenvalue weighted by atomic mass is 16.1. The Labute approximate surface area is 100 Å². The zero-order valence-corrected chi connectivity index (χ0v) is 9.98. The second-order valence-corrected chi connectivity index (χ2v) is 4.30. The standard InChI is InChI=1S/C12H17N3O2/c1-14-6-2-3-10(14)11(16)9-15-7-4-12(17)13-5-8-15/h2-3,6H,4-5,7-9H2,1H3,(H,13,17). The van der Waals surface area contributed by atoms with E-state index in [9.17, 15) is 9.59 Å². The Morgan fingerprint density at radius 2 is 2.29 bits per heavy atom. The van der Waals surface area contributed by atoms with Crippen LogP contribution in [0.15, 0.2) is 18.3 Å². The Hall–Kier alpha value is -1.62. The molecule has 92 valence electrons. The van der Waals surface area contributed by atoms with Gasteiger partial charge in [-0.15, -0.1) is 0 Å². The van der Waals surface area contributed by atoms with Crippen LogP contribution >= 0.6 is 0 Å². The SMILES string of the molecule is Cn1cccc1C(=O)CN1CCNC(=O)CC1. The molecule has 0 bridgehead atoms. The molecule has 0 aromatic carbocycles. The van der Waals surface area contributed by atoms with Gasteiger partial charge < -0.3 is 9.88 Å². The van der Waals surface area contributed by atoms with E-state index in [-0.39, 0.29) is 11.7 Å². The Morgan fingerprint density at radius 1 is 1.47 bits per heavy atom. The maximum absolute atomic E-state index is 12.0. The minimum Gasteiger partial charge on any atom is -0.355 e. The molecule has 0 radical (unpaired) electrons. The predicted molar refractivity (Wildman–Crippen MR) is 63.8 cm³/mol. The summed E-state index contributed by atoms with van der Waals surface area (Å²) in [6.07, 6.45) is 2.33. The number of ketones is 1. The summed E-state index contributed by atoms with van der Waals surface area (Å²) in [5, 5.41) is 2.80. The van der Waals surface area contributed by atoms with Crippen LogP contribution in [0, 0.1) is 0 Å². The molecule has 0 unspecified atom stereocenters. The lowest BCUT2D eigenvalue weighted by Crippen LogP contribution is -2.33. The molecule has 2 rings (SSSR count). The molecule has 1 aromatic rings. The van der Waals surface area contributed by atoms with Crippen LogP contribution in [0.25, 0.3) is 0 Å². The highest BCUT2D eigenvalue weighted by molar-refractivity contribution is 5.96. The summed E-state index contributed by atoms with van der Waals surface area (Å²) in [6.45, 7) is 2.40. The van der Waals surface area contributed by atoms with Crippen LogP contribution in [-0.2, 0) is 11.8 Å². The number of nitrogens with one attached hydrogen (secondary N) is 1. The molecule has 1 saturated heterocycles. The zero-order valence-electron chi connectivity index (χ0n) is 9.98. The molecule has 1 aromatic heterocycles. The third kappa shape index (κ3) is 2.94. The average Bonchev–Trinajstić information content (AvgIpc) is 2.61. The van der Waals surface area contributed by atoms with Gasteiger partial charge in [-0.05, 0) is 12.1 Å². The van der Waals surface area contributed by atoms with Gasteiger partial charge in [0.2, 0.25) is 5.91 Å². The topological polar surface area (TPSA) is 54.3 Å². The molecule has 0 spiro atoms. The van der Waals surface area contributed by atoms with E-state index in [0.717, 1.165) is 6.54 Å². The molecule has 1 aliphatic heterocycles. The van der Waals surface area contributed by atoms with Crippen molar-refractivity contribution in [2.75, 3.05) is 26.2 Å². The fourth-order valence-corrected chi connectivity index (χ4v) is 2.01. The third-order valence-corrected chi connectivity index (χ3v) is 3.00. The van der Waals surface area contributed by atoms with Gasteiger partial charge in [0.25, 0.3) is 0 Å².